The Labute approximate surface area is 181 Å². The van der Waals surface area contributed by atoms with Crippen molar-refractivity contribution in [1.82, 2.24) is 9.13 Å². The largest absolute Gasteiger partial charge is 0.497 e. The van der Waals surface area contributed by atoms with E-state index in [0.29, 0.717) is 12.5 Å². The summed E-state index contributed by atoms with van der Waals surface area (Å²) in [7, 11) is 5.05. The van der Waals surface area contributed by atoms with Crippen molar-refractivity contribution >= 4 is 22.6 Å². The SMILES string of the molecule is COc1ccc(NC(=O)C2CCC(Cn3c(=O)n(C)c4ccc(OC)cc43)CC2)cc1. The molecule has 3 aromatic rings. The van der Waals surface area contributed by atoms with E-state index in [1.807, 2.05) is 47.0 Å². The van der Waals surface area contributed by atoms with Gasteiger partial charge in [0.15, 0.2) is 0 Å². The fourth-order valence-electron chi connectivity index (χ4n) is 4.48. The smallest absolute Gasteiger partial charge is 0.328 e. The van der Waals surface area contributed by atoms with E-state index in [4.69, 9.17) is 9.47 Å². The Morgan fingerprint density at radius 2 is 1.61 bits per heavy atom. The highest BCUT2D eigenvalue weighted by molar-refractivity contribution is 5.92. The molecule has 0 bridgehead atoms. The number of aryl methyl sites for hydroxylation is 1. The van der Waals surface area contributed by atoms with Crippen LogP contribution in [-0.2, 0) is 18.4 Å². The molecule has 1 aliphatic rings. The molecule has 1 N–H and O–H groups in total. The van der Waals surface area contributed by atoms with Crippen molar-refractivity contribution in [2.75, 3.05) is 19.5 Å². The maximum Gasteiger partial charge on any atom is 0.328 e. The van der Waals surface area contributed by atoms with Gasteiger partial charge in [-0.15, -0.1) is 0 Å². The molecule has 0 atom stereocenters. The topological polar surface area (TPSA) is 74.5 Å². The summed E-state index contributed by atoms with van der Waals surface area (Å²) in [6.07, 6.45) is 3.51. The van der Waals surface area contributed by atoms with E-state index < -0.39 is 0 Å². The number of fused-ring (bicyclic) bond motifs is 1. The van der Waals surface area contributed by atoms with E-state index in [1.54, 1.807) is 25.8 Å². The lowest BCUT2D eigenvalue weighted by atomic mass is 9.81. The van der Waals surface area contributed by atoms with Crippen LogP contribution in [0.1, 0.15) is 25.7 Å². The lowest BCUT2D eigenvalue weighted by molar-refractivity contribution is -0.121. The van der Waals surface area contributed by atoms with Crippen molar-refractivity contribution in [1.29, 1.82) is 0 Å². The second-order valence-electron chi connectivity index (χ2n) is 8.24. The minimum Gasteiger partial charge on any atom is -0.497 e. The van der Waals surface area contributed by atoms with Gasteiger partial charge in [-0.1, -0.05) is 0 Å². The zero-order chi connectivity index (χ0) is 22.0. The molecule has 0 spiro atoms. The van der Waals surface area contributed by atoms with Crippen molar-refractivity contribution in [2.45, 2.75) is 32.2 Å². The summed E-state index contributed by atoms with van der Waals surface area (Å²) in [6.45, 7) is 0.663. The number of rotatable bonds is 6. The van der Waals surface area contributed by atoms with Gasteiger partial charge in [0.05, 0.1) is 25.3 Å². The van der Waals surface area contributed by atoms with E-state index in [2.05, 4.69) is 5.32 Å². The van der Waals surface area contributed by atoms with Crippen LogP contribution in [0, 0.1) is 11.8 Å². The van der Waals surface area contributed by atoms with Crippen molar-refractivity contribution in [3.8, 4) is 11.5 Å². The number of anilines is 1. The lowest BCUT2D eigenvalue weighted by Crippen LogP contribution is -2.30. The zero-order valence-corrected chi connectivity index (χ0v) is 18.3. The van der Waals surface area contributed by atoms with Crippen LogP contribution in [0.3, 0.4) is 0 Å². The average Bonchev–Trinajstić information content (AvgIpc) is 3.04. The molecule has 0 saturated heterocycles. The molecule has 4 rings (SSSR count). The number of aromatic nitrogens is 2. The van der Waals surface area contributed by atoms with E-state index in [0.717, 1.165) is 53.9 Å². The highest BCUT2D eigenvalue weighted by atomic mass is 16.5. The van der Waals surface area contributed by atoms with Crippen LogP contribution in [0.5, 0.6) is 11.5 Å². The molecule has 1 saturated carbocycles. The highest BCUT2D eigenvalue weighted by Crippen LogP contribution is 2.31. The number of amides is 1. The summed E-state index contributed by atoms with van der Waals surface area (Å²) < 4.78 is 14.0. The Balaban J connectivity index is 1.39. The number of hydrogen-bond donors (Lipinski definition) is 1. The Bertz CT molecular complexity index is 1120. The molecule has 1 amide bonds. The van der Waals surface area contributed by atoms with Gasteiger partial charge >= 0.3 is 5.69 Å². The normalized spacial score (nSPS) is 18.7. The quantitative estimate of drug-likeness (QED) is 0.654. The molecule has 0 aliphatic heterocycles. The van der Waals surface area contributed by atoms with Crippen molar-refractivity contribution in [3.63, 3.8) is 0 Å². The summed E-state index contributed by atoms with van der Waals surface area (Å²) in [5, 5.41) is 3.01. The minimum absolute atomic E-state index is 0.00249. The highest BCUT2D eigenvalue weighted by Gasteiger charge is 2.27. The zero-order valence-electron chi connectivity index (χ0n) is 18.3. The molecule has 7 heteroatoms. The molecule has 7 nitrogen and oxygen atoms in total. The van der Waals surface area contributed by atoms with E-state index in [-0.39, 0.29) is 17.5 Å². The van der Waals surface area contributed by atoms with Crippen LogP contribution in [0.15, 0.2) is 47.3 Å². The van der Waals surface area contributed by atoms with Crippen LogP contribution in [0.25, 0.3) is 11.0 Å². The standard InChI is InChI=1S/C24H29N3O4/c1-26-21-13-12-20(31-3)14-22(21)27(24(26)29)15-16-4-6-17(7-5-16)23(28)25-18-8-10-19(30-2)11-9-18/h8-14,16-17H,4-7,15H2,1-3H3,(H,25,28). The first-order chi connectivity index (χ1) is 15.0. The monoisotopic (exact) mass is 423 g/mol. The average molecular weight is 424 g/mol. The van der Waals surface area contributed by atoms with Gasteiger partial charge in [0.2, 0.25) is 5.91 Å². The molecule has 0 radical (unpaired) electrons. The molecule has 164 valence electrons. The summed E-state index contributed by atoms with van der Waals surface area (Å²) >= 11 is 0. The summed E-state index contributed by atoms with van der Waals surface area (Å²) in [5.41, 5.74) is 2.57. The number of carbonyl (C=O) groups excluding carboxylic acids is 1. The van der Waals surface area contributed by atoms with Gasteiger partial charge in [0.25, 0.3) is 0 Å². The second kappa shape index (κ2) is 8.88. The Kier molecular flexibility index (Phi) is 6.02. The number of nitrogens with zero attached hydrogens (tertiary/aromatic N) is 2. The van der Waals surface area contributed by atoms with Gasteiger partial charge in [-0.25, -0.2) is 4.79 Å². The molecule has 1 heterocycles. The number of nitrogens with one attached hydrogen (secondary N) is 1. The van der Waals surface area contributed by atoms with Crippen LogP contribution >= 0.6 is 0 Å². The number of imidazole rings is 1. The van der Waals surface area contributed by atoms with Gasteiger partial charge in [-0.2, -0.15) is 0 Å². The van der Waals surface area contributed by atoms with Gasteiger partial charge in [0, 0.05) is 31.3 Å². The van der Waals surface area contributed by atoms with Crippen molar-refractivity contribution < 1.29 is 14.3 Å². The van der Waals surface area contributed by atoms with Gasteiger partial charge in [0.1, 0.15) is 11.5 Å². The molecule has 2 aromatic carbocycles. The number of benzene rings is 2. The molecular weight excluding hydrogens is 394 g/mol. The van der Waals surface area contributed by atoms with E-state index >= 15 is 0 Å². The maximum atomic E-state index is 12.8. The van der Waals surface area contributed by atoms with Gasteiger partial charge in [-0.05, 0) is 68.0 Å². The van der Waals surface area contributed by atoms with E-state index in [1.165, 1.54) is 0 Å². The van der Waals surface area contributed by atoms with Crippen LogP contribution in [0.4, 0.5) is 5.69 Å². The lowest BCUT2D eigenvalue weighted by Gasteiger charge is -2.28. The molecule has 31 heavy (non-hydrogen) atoms. The first kappa shape index (κ1) is 21.0. The third-order valence-corrected chi connectivity index (χ3v) is 6.37. The number of ether oxygens (including phenoxy) is 2. The number of carbonyl (C=O) groups is 1. The fourth-order valence-corrected chi connectivity index (χ4v) is 4.48. The first-order valence-corrected chi connectivity index (χ1v) is 10.7. The Morgan fingerprint density at radius 3 is 2.26 bits per heavy atom. The third-order valence-electron chi connectivity index (χ3n) is 6.37. The summed E-state index contributed by atoms with van der Waals surface area (Å²) in [5.74, 6) is 1.95. The first-order valence-electron chi connectivity index (χ1n) is 10.7. The third kappa shape index (κ3) is 4.31. The summed E-state index contributed by atoms with van der Waals surface area (Å²) in [4.78, 5) is 25.5. The number of methoxy groups -OCH3 is 2. The predicted molar refractivity (Wildman–Crippen MR) is 121 cm³/mol. The number of hydrogen-bond acceptors (Lipinski definition) is 4. The Hall–Kier alpha value is -3.22. The molecule has 1 aromatic heterocycles. The minimum atomic E-state index is -0.0115. The second-order valence-corrected chi connectivity index (χ2v) is 8.24. The molecular formula is C24H29N3O4. The van der Waals surface area contributed by atoms with Crippen molar-refractivity contribution in [2.24, 2.45) is 18.9 Å². The van der Waals surface area contributed by atoms with Crippen molar-refractivity contribution in [3.05, 3.63) is 52.9 Å². The summed E-state index contributed by atoms with van der Waals surface area (Å²) in [6, 6.07) is 13.1. The molecule has 1 aliphatic carbocycles. The van der Waals surface area contributed by atoms with Gasteiger partial charge < -0.3 is 14.8 Å². The van der Waals surface area contributed by atoms with Gasteiger partial charge in [-0.3, -0.25) is 13.9 Å². The van der Waals surface area contributed by atoms with Crippen LogP contribution in [-0.4, -0.2) is 29.3 Å². The fraction of sp³-hybridized carbons (Fsp3) is 0.417. The van der Waals surface area contributed by atoms with E-state index in [9.17, 15) is 9.59 Å². The van der Waals surface area contributed by atoms with Crippen LogP contribution < -0.4 is 20.5 Å². The van der Waals surface area contributed by atoms with Crippen LogP contribution in [0.2, 0.25) is 0 Å². The predicted octanol–water partition coefficient (Wildman–Crippen LogP) is 3.80. The Morgan fingerprint density at radius 1 is 0.968 bits per heavy atom. The molecule has 0 unspecified atom stereocenters. The molecule has 1 fully saturated rings. The maximum absolute atomic E-state index is 12.8.